The predicted octanol–water partition coefficient (Wildman–Crippen LogP) is 4.50. The summed E-state index contributed by atoms with van der Waals surface area (Å²) in [5.41, 5.74) is 1.39. The highest BCUT2D eigenvalue weighted by Gasteiger charge is 2.26. The van der Waals surface area contributed by atoms with Gasteiger partial charge in [-0.15, -0.1) is 0 Å². The minimum Gasteiger partial charge on any atom is -0.339 e. The third-order valence-corrected chi connectivity index (χ3v) is 6.03. The molecule has 0 bridgehead atoms. The van der Waals surface area contributed by atoms with Gasteiger partial charge >= 0.3 is 0 Å². The molecule has 1 aliphatic carbocycles. The fourth-order valence-electron chi connectivity index (χ4n) is 4.10. The second-order valence-electron chi connectivity index (χ2n) is 7.70. The summed E-state index contributed by atoms with van der Waals surface area (Å²) in [5.74, 6) is -0.211. The number of hydrogen-bond donors (Lipinski definition) is 0. The zero-order chi connectivity index (χ0) is 20.4. The van der Waals surface area contributed by atoms with E-state index in [1.807, 2.05) is 31.3 Å². The molecule has 0 unspecified atom stereocenters. The second kappa shape index (κ2) is 8.37. The topological polar surface area (TPSA) is 55.2 Å². The number of halogens is 1. The number of amides is 1. The Bertz CT molecular complexity index is 1090. The normalized spacial score (nSPS) is 14.8. The molecule has 1 fully saturated rings. The van der Waals surface area contributed by atoms with Gasteiger partial charge in [-0.3, -0.25) is 14.2 Å². The van der Waals surface area contributed by atoms with Gasteiger partial charge in [0.1, 0.15) is 11.2 Å². The highest BCUT2D eigenvalue weighted by atomic mass is 35.5. The van der Waals surface area contributed by atoms with Crippen molar-refractivity contribution in [2.75, 3.05) is 7.05 Å². The van der Waals surface area contributed by atoms with E-state index in [9.17, 15) is 9.59 Å². The zero-order valence-corrected chi connectivity index (χ0v) is 17.2. The molecule has 0 atom stereocenters. The molecule has 4 rings (SSSR count). The van der Waals surface area contributed by atoms with Crippen LogP contribution >= 0.6 is 11.6 Å². The Morgan fingerprint density at radius 1 is 1.17 bits per heavy atom. The molecule has 1 aromatic carbocycles. The molecule has 0 saturated heterocycles. The quantitative estimate of drug-likeness (QED) is 0.637. The molecule has 0 radical (unpaired) electrons. The number of carbonyl (C=O) groups is 1. The van der Waals surface area contributed by atoms with Crippen LogP contribution in [0.15, 0.2) is 53.5 Å². The molecule has 6 heteroatoms. The van der Waals surface area contributed by atoms with E-state index in [4.69, 9.17) is 11.6 Å². The van der Waals surface area contributed by atoms with Crippen molar-refractivity contribution in [3.05, 3.63) is 75.2 Å². The molecular formula is C23H24ClN3O2. The van der Waals surface area contributed by atoms with Gasteiger partial charge in [-0.1, -0.05) is 43.0 Å². The first-order valence-electron chi connectivity index (χ1n) is 10.0. The van der Waals surface area contributed by atoms with Crippen molar-refractivity contribution in [3.63, 3.8) is 0 Å². The summed E-state index contributed by atoms with van der Waals surface area (Å²) in [5, 5.41) is 1.42. The van der Waals surface area contributed by atoms with E-state index >= 15 is 0 Å². The summed E-state index contributed by atoms with van der Waals surface area (Å²) in [4.78, 5) is 32.7. The van der Waals surface area contributed by atoms with Gasteiger partial charge in [-0.05, 0) is 48.7 Å². The van der Waals surface area contributed by atoms with Crippen LogP contribution in [0.3, 0.4) is 0 Å². The van der Waals surface area contributed by atoms with Crippen LogP contribution in [0.25, 0.3) is 11.0 Å². The fourth-order valence-corrected chi connectivity index (χ4v) is 4.23. The molecule has 3 aromatic rings. The largest absolute Gasteiger partial charge is 0.339 e. The third-order valence-electron chi connectivity index (χ3n) is 5.78. The highest BCUT2D eigenvalue weighted by molar-refractivity contribution is 6.30. The van der Waals surface area contributed by atoms with Gasteiger partial charge in [0.25, 0.3) is 11.5 Å². The van der Waals surface area contributed by atoms with E-state index in [0.29, 0.717) is 17.2 Å². The maximum atomic E-state index is 13.3. The molecular weight excluding hydrogens is 386 g/mol. The summed E-state index contributed by atoms with van der Waals surface area (Å²) < 4.78 is 1.58. The van der Waals surface area contributed by atoms with Gasteiger partial charge in [0.05, 0.1) is 6.54 Å². The standard InChI is InChI=1S/C23H24ClN3O2/c1-26(19-7-3-2-4-8-19)22(28)20-14-17-6-5-13-25-21(17)27(23(20)29)15-16-9-11-18(24)12-10-16/h5-6,9-14,19H,2-4,7-8,15H2,1H3. The Balaban J connectivity index is 1.76. The molecule has 1 amide bonds. The minimum absolute atomic E-state index is 0.199. The molecule has 0 N–H and O–H groups in total. The minimum atomic E-state index is -0.307. The number of fused-ring (bicyclic) bond motifs is 1. The van der Waals surface area contributed by atoms with E-state index in [0.717, 1.165) is 36.6 Å². The molecule has 2 heterocycles. The van der Waals surface area contributed by atoms with Crippen LogP contribution in [0.2, 0.25) is 5.02 Å². The van der Waals surface area contributed by atoms with Crippen LogP contribution in [0.1, 0.15) is 48.0 Å². The van der Waals surface area contributed by atoms with Crippen molar-refractivity contribution in [3.8, 4) is 0 Å². The van der Waals surface area contributed by atoms with Crippen LogP contribution < -0.4 is 5.56 Å². The first-order valence-corrected chi connectivity index (χ1v) is 10.4. The van der Waals surface area contributed by atoms with Gasteiger partial charge in [-0.25, -0.2) is 4.98 Å². The summed E-state index contributed by atoms with van der Waals surface area (Å²) in [6.45, 7) is 0.331. The number of pyridine rings is 2. The van der Waals surface area contributed by atoms with Crippen molar-refractivity contribution in [1.82, 2.24) is 14.5 Å². The number of aromatic nitrogens is 2. The Morgan fingerprint density at radius 3 is 2.62 bits per heavy atom. The number of rotatable bonds is 4. The molecule has 150 valence electrons. The van der Waals surface area contributed by atoms with E-state index in [1.54, 1.807) is 33.9 Å². The monoisotopic (exact) mass is 409 g/mol. The lowest BCUT2D eigenvalue weighted by atomic mass is 9.94. The van der Waals surface area contributed by atoms with Crippen LogP contribution in [0.5, 0.6) is 0 Å². The number of hydrogen-bond acceptors (Lipinski definition) is 3. The predicted molar refractivity (Wildman–Crippen MR) is 116 cm³/mol. The van der Waals surface area contributed by atoms with Gasteiger partial charge in [0.15, 0.2) is 0 Å². The average molecular weight is 410 g/mol. The van der Waals surface area contributed by atoms with Crippen LogP contribution in [-0.2, 0) is 6.54 Å². The molecule has 1 aliphatic rings. The summed E-state index contributed by atoms with van der Waals surface area (Å²) >= 11 is 5.99. The average Bonchev–Trinajstić information content (AvgIpc) is 2.76. The summed E-state index contributed by atoms with van der Waals surface area (Å²) in [6, 6.07) is 12.9. The Morgan fingerprint density at radius 2 is 1.90 bits per heavy atom. The Kier molecular flexibility index (Phi) is 5.67. The molecule has 1 saturated carbocycles. The summed E-state index contributed by atoms with van der Waals surface area (Å²) in [6.07, 6.45) is 7.13. The number of benzene rings is 1. The molecule has 0 aliphatic heterocycles. The Labute approximate surface area is 174 Å². The maximum Gasteiger partial charge on any atom is 0.265 e. The van der Waals surface area contributed by atoms with Gasteiger partial charge in [-0.2, -0.15) is 0 Å². The van der Waals surface area contributed by atoms with E-state index in [-0.39, 0.29) is 23.1 Å². The lowest BCUT2D eigenvalue weighted by molar-refractivity contribution is 0.0694. The maximum absolute atomic E-state index is 13.3. The third kappa shape index (κ3) is 4.06. The lowest BCUT2D eigenvalue weighted by Gasteiger charge is -2.31. The van der Waals surface area contributed by atoms with Crippen LogP contribution in [0, 0.1) is 0 Å². The summed E-state index contributed by atoms with van der Waals surface area (Å²) in [7, 11) is 1.81. The smallest absolute Gasteiger partial charge is 0.265 e. The second-order valence-corrected chi connectivity index (χ2v) is 8.14. The van der Waals surface area contributed by atoms with E-state index in [2.05, 4.69) is 4.98 Å². The van der Waals surface area contributed by atoms with Crippen molar-refractivity contribution >= 4 is 28.5 Å². The van der Waals surface area contributed by atoms with E-state index < -0.39 is 0 Å². The van der Waals surface area contributed by atoms with Crippen molar-refractivity contribution in [1.29, 1.82) is 0 Å². The van der Waals surface area contributed by atoms with Gasteiger partial charge < -0.3 is 4.90 Å². The lowest BCUT2D eigenvalue weighted by Crippen LogP contribution is -2.41. The fraction of sp³-hybridized carbons (Fsp3) is 0.348. The SMILES string of the molecule is CN(C(=O)c1cc2cccnc2n(Cc2ccc(Cl)cc2)c1=O)C1CCCCC1. The Hall–Kier alpha value is -2.66. The van der Waals surface area contributed by atoms with Crippen molar-refractivity contribution in [2.24, 2.45) is 0 Å². The first kappa shape index (κ1) is 19.6. The van der Waals surface area contributed by atoms with Crippen molar-refractivity contribution < 1.29 is 4.79 Å². The highest BCUT2D eigenvalue weighted by Crippen LogP contribution is 2.23. The van der Waals surface area contributed by atoms with Gasteiger partial charge in [0.2, 0.25) is 0 Å². The first-order chi connectivity index (χ1) is 14.0. The zero-order valence-electron chi connectivity index (χ0n) is 16.5. The van der Waals surface area contributed by atoms with E-state index in [1.165, 1.54) is 6.42 Å². The number of carbonyl (C=O) groups excluding carboxylic acids is 1. The van der Waals surface area contributed by atoms with Crippen LogP contribution in [-0.4, -0.2) is 33.4 Å². The molecule has 29 heavy (non-hydrogen) atoms. The molecule has 0 spiro atoms. The molecule has 2 aromatic heterocycles. The van der Waals surface area contributed by atoms with Gasteiger partial charge in [0, 0.05) is 29.7 Å². The van der Waals surface area contributed by atoms with Crippen molar-refractivity contribution in [2.45, 2.75) is 44.7 Å². The van der Waals surface area contributed by atoms with Crippen LogP contribution in [0.4, 0.5) is 0 Å². The molecule has 5 nitrogen and oxygen atoms in total. The number of nitrogens with zero attached hydrogens (tertiary/aromatic N) is 3.